The summed E-state index contributed by atoms with van der Waals surface area (Å²) < 4.78 is 12.7. The summed E-state index contributed by atoms with van der Waals surface area (Å²) in [4.78, 5) is 2.12. The van der Waals surface area contributed by atoms with Gasteiger partial charge in [-0.05, 0) is 22.9 Å². The zero-order valence-electron chi connectivity index (χ0n) is 11.1. The second kappa shape index (κ2) is 7.49. The molecule has 0 aliphatic carbocycles. The van der Waals surface area contributed by atoms with Crippen LogP contribution in [0.15, 0.2) is 25.6 Å². The van der Waals surface area contributed by atoms with E-state index in [1.54, 1.807) is 18.0 Å². The van der Waals surface area contributed by atoms with Crippen LogP contribution in [-0.4, -0.2) is 36.3 Å². The Morgan fingerprint density at radius 3 is 2.90 bits per heavy atom. The number of fused-ring (bicyclic) bond motifs is 1. The van der Waals surface area contributed by atoms with Gasteiger partial charge in [-0.1, -0.05) is 12.2 Å². The zero-order chi connectivity index (χ0) is 14.5. The summed E-state index contributed by atoms with van der Waals surface area (Å²) in [6.45, 7) is 3.97. The summed E-state index contributed by atoms with van der Waals surface area (Å²) in [7, 11) is 0. The molecule has 1 N–H and O–H groups in total. The van der Waals surface area contributed by atoms with E-state index in [4.69, 9.17) is 26.2 Å². The Kier molecular flexibility index (Phi) is 5.95. The molecule has 0 amide bonds. The van der Waals surface area contributed by atoms with E-state index < -0.39 is 0 Å². The van der Waals surface area contributed by atoms with Gasteiger partial charge in [-0.25, -0.2) is 0 Å². The van der Waals surface area contributed by atoms with E-state index in [2.05, 4.69) is 27.8 Å². The van der Waals surface area contributed by atoms with E-state index in [0.29, 0.717) is 15.7 Å². The third-order valence-corrected chi connectivity index (χ3v) is 4.62. The van der Waals surface area contributed by atoms with Crippen molar-refractivity contribution in [2.75, 3.05) is 36.1 Å². The van der Waals surface area contributed by atoms with Crippen molar-refractivity contribution in [1.29, 1.82) is 0 Å². The predicted molar refractivity (Wildman–Crippen MR) is 89.3 cm³/mol. The molecule has 0 saturated heterocycles. The van der Waals surface area contributed by atoms with Crippen molar-refractivity contribution in [3.8, 4) is 0 Å². The first-order chi connectivity index (χ1) is 9.67. The molecule has 2 aromatic rings. The summed E-state index contributed by atoms with van der Waals surface area (Å²) >= 11 is 10.4. The van der Waals surface area contributed by atoms with E-state index in [0.717, 1.165) is 35.0 Å². The molecule has 20 heavy (non-hydrogen) atoms. The van der Waals surface area contributed by atoms with Gasteiger partial charge in [-0.3, -0.25) is 0 Å². The molecule has 2 heterocycles. The summed E-state index contributed by atoms with van der Waals surface area (Å²) in [5.41, 5.74) is 1.25. The molecule has 7 heteroatoms. The highest BCUT2D eigenvalue weighted by Crippen LogP contribution is 2.31. The molecule has 0 fully saturated rings. The molecule has 0 aliphatic heterocycles. The molecule has 0 aromatic carbocycles. The first-order valence-electron chi connectivity index (χ1n) is 6.31. The Labute approximate surface area is 135 Å². The number of rotatable bonds is 7. The van der Waals surface area contributed by atoms with Gasteiger partial charge in [0.25, 0.3) is 0 Å². The number of furan rings is 1. The fourth-order valence-corrected chi connectivity index (χ4v) is 3.10. The van der Waals surface area contributed by atoms with Crippen LogP contribution < -0.4 is 4.90 Å². The smallest absolute Gasteiger partial charge is 0.197 e. The van der Waals surface area contributed by atoms with Gasteiger partial charge >= 0.3 is 0 Å². The molecule has 110 valence electrons. The highest BCUT2D eigenvalue weighted by molar-refractivity contribution is 9.10. The van der Waals surface area contributed by atoms with Crippen molar-refractivity contribution < 1.29 is 13.9 Å². The predicted octanol–water partition coefficient (Wildman–Crippen LogP) is 4.07. The lowest BCUT2D eigenvalue weighted by Crippen LogP contribution is -2.25. The van der Waals surface area contributed by atoms with Gasteiger partial charge in [0.05, 0.1) is 15.6 Å². The monoisotopic (exact) mass is 377 g/mol. The van der Waals surface area contributed by atoms with Crippen molar-refractivity contribution in [1.82, 2.24) is 0 Å². The fourth-order valence-electron chi connectivity index (χ4n) is 1.82. The molecule has 2 aromatic heterocycles. The molecule has 0 radical (unpaired) electrons. The highest BCUT2D eigenvalue weighted by Gasteiger charge is 2.13. The van der Waals surface area contributed by atoms with E-state index in [1.165, 1.54) is 0 Å². The molecule has 0 spiro atoms. The number of thioether (sulfide) groups is 1. The van der Waals surface area contributed by atoms with Gasteiger partial charge in [-0.15, -0.1) is 0 Å². The maximum atomic E-state index is 8.78. The lowest BCUT2D eigenvalue weighted by Gasteiger charge is -2.21. The zero-order valence-corrected chi connectivity index (χ0v) is 14.3. The Morgan fingerprint density at radius 2 is 2.20 bits per heavy atom. The Bertz CT molecular complexity index is 626. The van der Waals surface area contributed by atoms with Crippen molar-refractivity contribution >= 4 is 57.0 Å². The second-order valence-electron chi connectivity index (χ2n) is 4.11. The minimum absolute atomic E-state index is 0.214. The van der Waals surface area contributed by atoms with Crippen molar-refractivity contribution in [3.05, 3.63) is 21.3 Å². The van der Waals surface area contributed by atoms with Gasteiger partial charge in [-0.2, -0.15) is 11.8 Å². The van der Waals surface area contributed by atoms with Gasteiger partial charge in [0.1, 0.15) is 6.26 Å². The molecule has 4 nitrogen and oxygen atoms in total. The molecular weight excluding hydrogens is 362 g/mol. The van der Waals surface area contributed by atoms with E-state index >= 15 is 0 Å². The van der Waals surface area contributed by atoms with Gasteiger partial charge in [0.2, 0.25) is 0 Å². The van der Waals surface area contributed by atoms with Crippen LogP contribution in [0.1, 0.15) is 6.92 Å². The summed E-state index contributed by atoms with van der Waals surface area (Å²) in [6, 6.07) is 1.83. The summed E-state index contributed by atoms with van der Waals surface area (Å²) in [5, 5.41) is 8.78. The fraction of sp³-hybridized carbons (Fsp3) is 0.462. The number of aliphatic hydroxyl groups excluding tert-OH is 1. The Morgan fingerprint density at radius 1 is 1.40 bits per heavy atom. The quantitative estimate of drug-likeness (QED) is 0.579. The maximum absolute atomic E-state index is 8.78. The number of hydrogen-bond acceptors (Lipinski definition) is 6. The third kappa shape index (κ3) is 3.58. The molecule has 2 rings (SSSR count). The maximum Gasteiger partial charge on any atom is 0.197 e. The van der Waals surface area contributed by atoms with Crippen LogP contribution in [0.25, 0.3) is 11.2 Å². The molecular formula is C13H16BrNO3S2. The van der Waals surface area contributed by atoms with E-state index in [1.807, 2.05) is 6.07 Å². The lowest BCUT2D eigenvalue weighted by molar-refractivity contribution is 0.322. The van der Waals surface area contributed by atoms with Gasteiger partial charge in [0.15, 0.2) is 17.1 Å². The minimum atomic E-state index is 0.214. The van der Waals surface area contributed by atoms with Crippen molar-refractivity contribution in [3.63, 3.8) is 0 Å². The molecule has 0 saturated carbocycles. The average Bonchev–Trinajstić information content (AvgIpc) is 2.81. The largest absolute Gasteiger partial charge is 0.458 e. The molecule has 0 atom stereocenters. The lowest BCUT2D eigenvalue weighted by atomic mass is 10.4. The summed E-state index contributed by atoms with van der Waals surface area (Å²) in [6.07, 6.45) is 1.58. The van der Waals surface area contributed by atoms with Crippen LogP contribution in [0.2, 0.25) is 0 Å². The number of anilines is 1. The van der Waals surface area contributed by atoms with Crippen molar-refractivity contribution in [2.24, 2.45) is 0 Å². The van der Waals surface area contributed by atoms with Gasteiger partial charge in [0, 0.05) is 30.7 Å². The number of halogens is 1. The Balaban J connectivity index is 2.21. The second-order valence-corrected chi connectivity index (χ2v) is 6.63. The standard InChI is InChI=1S/C13H16BrNO3S2/c1-2-15(3-5-20-6-4-16)11-7-10(19)13-12(18-11)9(14)8-17-13/h7-8,16H,2-6H2,1H3. The Hall–Kier alpha value is -0.500. The third-order valence-electron chi connectivity index (χ3n) is 2.82. The summed E-state index contributed by atoms with van der Waals surface area (Å²) in [5.74, 6) is 2.44. The van der Waals surface area contributed by atoms with E-state index in [-0.39, 0.29) is 6.61 Å². The molecule has 0 aliphatic rings. The van der Waals surface area contributed by atoms with Crippen LogP contribution in [-0.2, 0) is 0 Å². The normalized spacial score (nSPS) is 11.2. The first kappa shape index (κ1) is 15.9. The van der Waals surface area contributed by atoms with Gasteiger partial charge < -0.3 is 18.8 Å². The highest BCUT2D eigenvalue weighted by atomic mass is 79.9. The van der Waals surface area contributed by atoms with Crippen molar-refractivity contribution in [2.45, 2.75) is 6.92 Å². The molecule has 0 bridgehead atoms. The topological polar surface area (TPSA) is 49.8 Å². The number of aliphatic hydroxyl groups is 1. The van der Waals surface area contributed by atoms with Crippen LogP contribution in [0.4, 0.5) is 5.88 Å². The van der Waals surface area contributed by atoms with Crippen LogP contribution in [0.5, 0.6) is 0 Å². The SMILES string of the molecule is CCN(CCSCCO)c1cc(=S)c2occ(Br)c2o1. The minimum Gasteiger partial charge on any atom is -0.458 e. The van der Waals surface area contributed by atoms with Crippen LogP contribution in [0.3, 0.4) is 0 Å². The first-order valence-corrected chi connectivity index (χ1v) is 8.67. The van der Waals surface area contributed by atoms with Crippen LogP contribution >= 0.6 is 39.9 Å². The average molecular weight is 378 g/mol. The number of nitrogens with zero attached hydrogens (tertiary/aromatic N) is 1. The van der Waals surface area contributed by atoms with E-state index in [9.17, 15) is 0 Å². The number of hydrogen-bond donors (Lipinski definition) is 1. The molecule has 0 unspecified atom stereocenters. The van der Waals surface area contributed by atoms with Crippen LogP contribution in [0, 0.1) is 4.51 Å².